The first kappa shape index (κ1) is 47.7. The van der Waals surface area contributed by atoms with Gasteiger partial charge in [0.25, 0.3) is 6.43 Å². The lowest BCUT2D eigenvalue weighted by Gasteiger charge is -2.45. The number of para-hydroxylation sites is 2. The smallest absolute Gasteiger partial charge is 0.329 e. The Morgan fingerprint density at radius 1 is 0.955 bits per heavy atom. The van der Waals surface area contributed by atoms with Gasteiger partial charge >= 0.3 is 5.69 Å². The number of amidine groups is 1. The van der Waals surface area contributed by atoms with Gasteiger partial charge in [-0.3, -0.25) is 44.0 Å². The number of carbonyl (C=O) groups excluding carboxylic acids is 4. The van der Waals surface area contributed by atoms with E-state index in [9.17, 15) is 38.2 Å². The fourth-order valence-electron chi connectivity index (χ4n) is 11.1. The van der Waals surface area contributed by atoms with Crippen LogP contribution in [0.4, 0.5) is 14.5 Å². The topological polar surface area (TPSA) is 194 Å². The second-order valence-corrected chi connectivity index (χ2v) is 18.9. The molecule has 3 atom stereocenters. The Hall–Kier alpha value is -5.75. The van der Waals surface area contributed by atoms with Crippen LogP contribution in [0.5, 0.6) is 0 Å². The molecule has 0 saturated carbocycles. The van der Waals surface area contributed by atoms with Crippen molar-refractivity contribution in [1.29, 1.82) is 5.41 Å². The van der Waals surface area contributed by atoms with Crippen molar-refractivity contribution in [2.24, 2.45) is 22.6 Å². The third kappa shape index (κ3) is 10.4. The van der Waals surface area contributed by atoms with E-state index in [4.69, 9.17) is 5.73 Å². The van der Waals surface area contributed by atoms with Crippen LogP contribution in [0.15, 0.2) is 52.4 Å². The van der Waals surface area contributed by atoms with E-state index in [-0.39, 0.29) is 53.4 Å². The molecule has 0 spiro atoms. The minimum absolute atomic E-state index is 0.0572. The molecule has 1 aromatic heterocycles. The molecular formula is C49H65F2N11O5. The summed E-state index contributed by atoms with van der Waals surface area (Å²) in [7, 11) is 1.57. The normalized spacial score (nSPS) is 22.8. The van der Waals surface area contributed by atoms with E-state index in [1.807, 2.05) is 34.1 Å². The third-order valence-electron chi connectivity index (χ3n) is 14.8. The number of likely N-dealkylation sites (tertiary alicyclic amines) is 3. The predicted octanol–water partition coefficient (Wildman–Crippen LogP) is 4.46. The number of allylic oxidation sites excluding steroid dienone is 1. The highest BCUT2D eigenvalue weighted by atomic mass is 19.3. The molecule has 4 saturated heterocycles. The van der Waals surface area contributed by atoms with E-state index >= 15 is 0 Å². The van der Waals surface area contributed by atoms with Crippen LogP contribution in [0.1, 0.15) is 100 Å². The van der Waals surface area contributed by atoms with Crippen LogP contribution in [0.25, 0.3) is 16.6 Å². The number of amides is 4. The number of rotatable bonds is 13. The van der Waals surface area contributed by atoms with Gasteiger partial charge in [0.15, 0.2) is 0 Å². The lowest BCUT2D eigenvalue weighted by molar-refractivity contribution is -0.136. The van der Waals surface area contributed by atoms with Gasteiger partial charge < -0.3 is 30.7 Å². The quantitative estimate of drug-likeness (QED) is 0.109. The fraction of sp³-hybridized carbons (Fsp3) is 0.571. The average molecular weight is 926 g/mol. The molecule has 2 unspecified atom stereocenters. The number of carbonyl (C=O) groups is 4. The minimum Gasteiger partial charge on any atom is -0.404 e. The summed E-state index contributed by atoms with van der Waals surface area (Å²) in [5.74, 6) is -0.410. The number of aryl methyl sites for hydroxylation is 1. The molecule has 0 radical (unpaired) electrons. The summed E-state index contributed by atoms with van der Waals surface area (Å²) in [4.78, 5) is 76.4. The maximum Gasteiger partial charge on any atom is 0.329 e. The van der Waals surface area contributed by atoms with Crippen molar-refractivity contribution in [1.82, 2.24) is 34.5 Å². The Labute approximate surface area is 390 Å². The third-order valence-corrected chi connectivity index (χ3v) is 14.8. The van der Waals surface area contributed by atoms with Crippen molar-refractivity contribution in [3.8, 4) is 0 Å². The molecule has 5 N–H and O–H groups in total. The van der Waals surface area contributed by atoms with Crippen LogP contribution in [0, 0.1) is 17.2 Å². The number of anilines is 1. The van der Waals surface area contributed by atoms with Gasteiger partial charge in [-0.25, -0.2) is 13.6 Å². The molecule has 360 valence electrons. The van der Waals surface area contributed by atoms with Gasteiger partial charge in [0, 0.05) is 113 Å². The van der Waals surface area contributed by atoms with Crippen LogP contribution in [0.3, 0.4) is 0 Å². The van der Waals surface area contributed by atoms with Gasteiger partial charge in [0.05, 0.1) is 11.0 Å². The number of benzene rings is 2. The van der Waals surface area contributed by atoms with Crippen molar-refractivity contribution in [3.05, 3.63) is 69.8 Å². The van der Waals surface area contributed by atoms with Crippen LogP contribution < -0.4 is 27.0 Å². The molecule has 16 nitrogen and oxygen atoms in total. The highest BCUT2D eigenvalue weighted by Gasteiger charge is 2.39. The van der Waals surface area contributed by atoms with Gasteiger partial charge in [-0.05, 0) is 119 Å². The van der Waals surface area contributed by atoms with E-state index < -0.39 is 18.4 Å². The summed E-state index contributed by atoms with van der Waals surface area (Å²) in [5.41, 5.74) is 9.15. The van der Waals surface area contributed by atoms with Gasteiger partial charge in [0.2, 0.25) is 23.6 Å². The molecule has 5 aliphatic rings. The van der Waals surface area contributed by atoms with E-state index in [1.165, 1.54) is 18.5 Å². The van der Waals surface area contributed by atoms with Crippen LogP contribution >= 0.6 is 0 Å². The van der Waals surface area contributed by atoms with E-state index in [0.717, 1.165) is 69.2 Å². The number of piperidine rings is 4. The summed E-state index contributed by atoms with van der Waals surface area (Å²) in [6.07, 6.45) is 7.18. The average Bonchev–Trinajstić information content (AvgIpc) is 3.60. The Bertz CT molecular complexity index is 2470. The molecule has 5 aliphatic heterocycles. The number of nitrogens with zero attached hydrogens (tertiary/aromatic N) is 7. The number of hydrogen-bond donors (Lipinski definition) is 4. The molecule has 0 bridgehead atoms. The van der Waals surface area contributed by atoms with Crippen molar-refractivity contribution >= 4 is 58.0 Å². The number of imidazole rings is 1. The lowest BCUT2D eigenvalue weighted by atomic mass is 9.86. The summed E-state index contributed by atoms with van der Waals surface area (Å²) < 4.78 is 32.5. The number of imide groups is 1. The maximum absolute atomic E-state index is 14.6. The molecule has 4 amide bonds. The lowest BCUT2D eigenvalue weighted by Crippen LogP contribution is -2.59. The Morgan fingerprint density at radius 3 is 2.37 bits per heavy atom. The molecule has 0 aliphatic carbocycles. The van der Waals surface area contributed by atoms with Crippen LogP contribution in [-0.4, -0.2) is 131 Å². The largest absolute Gasteiger partial charge is 0.404 e. The maximum atomic E-state index is 14.6. The Morgan fingerprint density at radius 2 is 1.69 bits per heavy atom. The zero-order valence-electron chi connectivity index (χ0n) is 38.7. The number of aliphatic imine (C=N–C) groups is 1. The summed E-state index contributed by atoms with van der Waals surface area (Å²) in [6.45, 7) is 7.38. The summed E-state index contributed by atoms with van der Waals surface area (Å²) >= 11 is 0. The van der Waals surface area contributed by atoms with E-state index in [1.54, 1.807) is 34.1 Å². The minimum atomic E-state index is -2.76. The second kappa shape index (κ2) is 21.0. The highest BCUT2D eigenvalue weighted by molar-refractivity contribution is 6.10. The number of hydrogen-bond acceptors (Lipinski definition) is 10. The van der Waals surface area contributed by atoms with E-state index in [2.05, 4.69) is 20.5 Å². The second-order valence-electron chi connectivity index (χ2n) is 18.9. The van der Waals surface area contributed by atoms with Crippen molar-refractivity contribution in [2.75, 3.05) is 64.3 Å². The number of halogens is 2. The molecule has 67 heavy (non-hydrogen) atoms. The van der Waals surface area contributed by atoms with Crippen molar-refractivity contribution in [2.45, 2.75) is 109 Å². The molecule has 3 aromatic rings. The zero-order chi connectivity index (χ0) is 47.4. The SMILES string of the molecule is CN=CC(=CN)c1cc2c(cc1C(F)F)N(C(=N)C1CN(C(C)=O)CCC1NC1CCN(C(=O)CCCN3CCC(Cn4c(=O)n([C@@H]5CCC(=O)NC5=O)c5ccccc54)CC3)CC1)CCC2. The van der Waals surface area contributed by atoms with Gasteiger partial charge in [-0.15, -0.1) is 0 Å². The Balaban J connectivity index is 0.818. The number of nitrogens with one attached hydrogen (secondary N) is 3. The highest BCUT2D eigenvalue weighted by Crippen LogP contribution is 2.38. The predicted molar refractivity (Wildman–Crippen MR) is 254 cm³/mol. The Kier molecular flexibility index (Phi) is 15.0. The number of nitrogens with two attached hydrogens (primary N) is 1. The monoisotopic (exact) mass is 926 g/mol. The summed E-state index contributed by atoms with van der Waals surface area (Å²) in [5, 5.41) is 15.8. The fourth-order valence-corrected chi connectivity index (χ4v) is 11.1. The molecular weight excluding hydrogens is 861 g/mol. The van der Waals surface area contributed by atoms with Crippen molar-refractivity contribution in [3.63, 3.8) is 0 Å². The zero-order valence-corrected chi connectivity index (χ0v) is 38.7. The molecule has 4 fully saturated rings. The van der Waals surface area contributed by atoms with E-state index in [0.29, 0.717) is 99.0 Å². The van der Waals surface area contributed by atoms with Crippen LogP contribution in [-0.2, 0) is 32.1 Å². The van der Waals surface area contributed by atoms with Crippen LogP contribution in [0.2, 0.25) is 0 Å². The molecule has 8 rings (SSSR count). The molecule has 6 heterocycles. The van der Waals surface area contributed by atoms with Gasteiger partial charge in [0.1, 0.15) is 11.9 Å². The first-order chi connectivity index (χ1) is 32.3. The standard InChI is InChI=1S/C49H65F2N11O5/c1-31(63)59-24-17-39(38(30-59)47(53)60-19-5-7-33-25-36(34(27-52)28-54-2)37(46(50)51)26-43(33)60)55-35-15-22-58(23-16-35)45(65)10-6-18-57-20-13-32(14-21-57)29-61-40-8-3-4-9-41(40)62(49(61)67)42-11-12-44(64)56-48(42)66/h3-4,8-9,25-28,32,35,38-39,42,46,53,55H,5-7,10-24,29-30,52H2,1-2H3,(H,56,64,66)/t38?,39?,42-/m1/s1. The number of aromatic nitrogens is 2. The first-order valence-electron chi connectivity index (χ1n) is 24.1. The van der Waals surface area contributed by atoms with Gasteiger partial charge in [-0.1, -0.05) is 12.1 Å². The summed E-state index contributed by atoms with van der Waals surface area (Å²) in [6, 6.07) is 10.1. The van der Waals surface area contributed by atoms with Crippen molar-refractivity contribution < 1.29 is 28.0 Å². The molecule has 2 aromatic carbocycles. The number of fused-ring (bicyclic) bond motifs is 2. The number of alkyl halides is 2. The molecule has 18 heteroatoms. The van der Waals surface area contributed by atoms with Gasteiger partial charge in [-0.2, -0.15) is 0 Å². The first-order valence-corrected chi connectivity index (χ1v) is 24.1.